The molecule has 1 aliphatic rings. The second kappa shape index (κ2) is 8.83. The van der Waals surface area contributed by atoms with Gasteiger partial charge in [-0.05, 0) is 64.3 Å². The lowest BCUT2D eigenvalue weighted by atomic mass is 9.79. The van der Waals surface area contributed by atoms with Crippen LogP contribution in [0.15, 0.2) is 42.9 Å². The van der Waals surface area contributed by atoms with Crippen LogP contribution in [0.5, 0.6) is 5.75 Å². The molecule has 180 valence electrons. The van der Waals surface area contributed by atoms with Gasteiger partial charge in [-0.1, -0.05) is 19.9 Å². The highest BCUT2D eigenvalue weighted by Gasteiger charge is 2.39. The van der Waals surface area contributed by atoms with Crippen molar-refractivity contribution in [2.24, 2.45) is 0 Å². The normalized spacial score (nSPS) is 17.4. The van der Waals surface area contributed by atoms with E-state index < -0.39 is 5.95 Å². The van der Waals surface area contributed by atoms with Crippen LogP contribution in [0.4, 0.5) is 4.39 Å². The van der Waals surface area contributed by atoms with Gasteiger partial charge in [0.25, 0.3) is 0 Å². The molecule has 4 aromatic rings. The molecule has 0 atom stereocenters. The molecule has 8 heteroatoms. The highest BCUT2D eigenvalue weighted by atomic mass is 19.1. The lowest BCUT2D eigenvalue weighted by molar-refractivity contribution is 0.128. The van der Waals surface area contributed by atoms with E-state index in [0.29, 0.717) is 16.7 Å². The number of aromatic nitrogens is 5. The third-order valence-electron chi connectivity index (χ3n) is 6.16. The van der Waals surface area contributed by atoms with Crippen molar-refractivity contribution in [2.45, 2.75) is 71.5 Å². The molecule has 0 spiro atoms. The molecule has 7 nitrogen and oxygen atoms in total. The third kappa shape index (κ3) is 4.55. The molecule has 0 amide bonds. The van der Waals surface area contributed by atoms with E-state index in [1.165, 1.54) is 12.3 Å². The van der Waals surface area contributed by atoms with E-state index in [0.717, 1.165) is 29.4 Å². The zero-order valence-electron chi connectivity index (χ0n) is 20.6. The molecular formula is C26H33FN6O. The van der Waals surface area contributed by atoms with Gasteiger partial charge in [-0.3, -0.25) is 5.10 Å². The number of hydrogen-bond donors (Lipinski definition) is 3. The molecule has 0 radical (unpaired) electrons. The number of nitrogens with one attached hydrogen (secondary N) is 2. The van der Waals surface area contributed by atoms with Crippen LogP contribution in [0.25, 0.3) is 33.3 Å². The first-order valence-corrected chi connectivity index (χ1v) is 11.8. The lowest BCUT2D eigenvalue weighted by Crippen LogP contribution is -2.58. The average molecular weight is 465 g/mol. The van der Waals surface area contributed by atoms with Gasteiger partial charge in [0.15, 0.2) is 5.65 Å². The van der Waals surface area contributed by atoms with Crippen LogP contribution in [0.3, 0.4) is 0 Å². The molecule has 3 aromatic heterocycles. The van der Waals surface area contributed by atoms with Gasteiger partial charge in [-0.25, -0.2) is 9.67 Å². The third-order valence-corrected chi connectivity index (χ3v) is 6.16. The van der Waals surface area contributed by atoms with Crippen LogP contribution >= 0.6 is 0 Å². The van der Waals surface area contributed by atoms with Crippen LogP contribution in [0, 0.1) is 5.95 Å². The summed E-state index contributed by atoms with van der Waals surface area (Å²) in [6, 6.07) is 7.29. The monoisotopic (exact) mass is 464 g/mol. The van der Waals surface area contributed by atoms with Crippen molar-refractivity contribution in [1.82, 2.24) is 30.3 Å². The second-order valence-corrected chi connectivity index (χ2v) is 10.0. The SMILES string of the molecule is CC.CC1(C)CC(n2ncc3cc(-c4ccc(-c5cn[nH]c5F)cc4O)cnc32)CC(C)(C)N1. The maximum Gasteiger partial charge on any atom is 0.216 e. The summed E-state index contributed by atoms with van der Waals surface area (Å²) in [7, 11) is 0. The largest absolute Gasteiger partial charge is 0.507 e. The maximum absolute atomic E-state index is 13.8. The summed E-state index contributed by atoms with van der Waals surface area (Å²) in [4.78, 5) is 4.71. The number of fused-ring (bicyclic) bond motifs is 1. The molecule has 0 aliphatic carbocycles. The Morgan fingerprint density at radius 3 is 2.29 bits per heavy atom. The summed E-state index contributed by atoms with van der Waals surface area (Å²) in [6.45, 7) is 12.9. The van der Waals surface area contributed by atoms with Gasteiger partial charge in [-0.15, -0.1) is 0 Å². The van der Waals surface area contributed by atoms with E-state index in [2.05, 4.69) is 48.3 Å². The number of phenols is 1. The quantitative estimate of drug-likeness (QED) is 0.354. The van der Waals surface area contributed by atoms with Crippen molar-refractivity contribution in [3.63, 3.8) is 0 Å². The lowest BCUT2D eigenvalue weighted by Gasteiger charge is -2.46. The van der Waals surface area contributed by atoms with Gasteiger partial charge in [-0.2, -0.15) is 14.6 Å². The fourth-order valence-corrected chi connectivity index (χ4v) is 5.21. The highest BCUT2D eigenvalue weighted by Crippen LogP contribution is 2.38. The zero-order valence-corrected chi connectivity index (χ0v) is 20.6. The first-order valence-electron chi connectivity index (χ1n) is 11.8. The summed E-state index contributed by atoms with van der Waals surface area (Å²) in [5.74, 6) is -0.476. The molecule has 1 aliphatic heterocycles. The van der Waals surface area contributed by atoms with Crippen LogP contribution in [0.2, 0.25) is 0 Å². The number of benzene rings is 1. The van der Waals surface area contributed by atoms with Gasteiger partial charge >= 0.3 is 0 Å². The molecule has 0 unspecified atom stereocenters. The first kappa shape index (κ1) is 23.9. The summed E-state index contributed by atoms with van der Waals surface area (Å²) in [5, 5.41) is 25.9. The standard InChI is InChI=1S/C24H27FN6O.C2H6/c1-23(2)9-17(10-24(3,4)30-23)31-22-16(12-28-31)7-15(11-26-22)18-6-5-14(8-20(18)32)19-13-27-29-21(19)25;1-2/h5-8,11-13,17,30,32H,9-10H2,1-4H3,(H,27,29);1-2H3. The van der Waals surface area contributed by atoms with Gasteiger partial charge in [0.2, 0.25) is 5.95 Å². The number of rotatable bonds is 3. The predicted molar refractivity (Wildman–Crippen MR) is 133 cm³/mol. The molecule has 3 N–H and O–H groups in total. The van der Waals surface area contributed by atoms with Crippen molar-refractivity contribution < 1.29 is 9.50 Å². The minimum Gasteiger partial charge on any atom is -0.507 e. The Morgan fingerprint density at radius 1 is 0.971 bits per heavy atom. The van der Waals surface area contributed by atoms with E-state index in [1.807, 2.05) is 30.8 Å². The first-order chi connectivity index (χ1) is 16.1. The summed E-state index contributed by atoms with van der Waals surface area (Å²) in [6.07, 6.45) is 6.91. The Labute approximate surface area is 199 Å². The summed E-state index contributed by atoms with van der Waals surface area (Å²) in [5.41, 5.74) is 3.12. The fourth-order valence-electron chi connectivity index (χ4n) is 5.21. The second-order valence-electron chi connectivity index (χ2n) is 10.0. The van der Waals surface area contributed by atoms with E-state index >= 15 is 0 Å². The van der Waals surface area contributed by atoms with Crippen molar-refractivity contribution in [3.05, 3.63) is 48.8 Å². The number of pyridine rings is 1. The maximum atomic E-state index is 13.8. The number of H-pyrrole nitrogens is 1. The molecule has 34 heavy (non-hydrogen) atoms. The number of phenolic OH excluding ortho intramolecular Hbond substituents is 1. The van der Waals surface area contributed by atoms with Crippen LogP contribution < -0.4 is 5.32 Å². The van der Waals surface area contributed by atoms with Crippen molar-refractivity contribution in [3.8, 4) is 28.0 Å². The number of hydrogen-bond acceptors (Lipinski definition) is 5. The van der Waals surface area contributed by atoms with Crippen molar-refractivity contribution in [1.29, 1.82) is 0 Å². The van der Waals surface area contributed by atoms with Gasteiger partial charge in [0.05, 0.1) is 24.0 Å². The smallest absolute Gasteiger partial charge is 0.216 e. The molecule has 5 rings (SSSR count). The highest BCUT2D eigenvalue weighted by molar-refractivity contribution is 5.83. The van der Waals surface area contributed by atoms with E-state index in [1.54, 1.807) is 18.3 Å². The van der Waals surface area contributed by atoms with E-state index in [-0.39, 0.29) is 22.9 Å². The summed E-state index contributed by atoms with van der Waals surface area (Å²) < 4.78 is 15.8. The molecule has 0 bridgehead atoms. The molecule has 0 saturated carbocycles. The number of piperidine rings is 1. The van der Waals surface area contributed by atoms with Gasteiger partial charge in [0, 0.05) is 33.8 Å². The fraction of sp³-hybridized carbons (Fsp3) is 0.423. The molecular weight excluding hydrogens is 431 g/mol. The van der Waals surface area contributed by atoms with Crippen LogP contribution in [0.1, 0.15) is 60.4 Å². The van der Waals surface area contributed by atoms with Gasteiger partial charge < -0.3 is 10.4 Å². The predicted octanol–water partition coefficient (Wildman–Crippen LogP) is 5.84. The minimum atomic E-state index is -0.531. The Morgan fingerprint density at radius 2 is 1.68 bits per heavy atom. The van der Waals surface area contributed by atoms with Crippen LogP contribution in [-0.4, -0.2) is 41.1 Å². The summed E-state index contributed by atoms with van der Waals surface area (Å²) >= 11 is 0. The number of halogens is 1. The number of nitrogens with zero attached hydrogens (tertiary/aromatic N) is 4. The van der Waals surface area contributed by atoms with Crippen molar-refractivity contribution >= 4 is 11.0 Å². The Bertz CT molecular complexity index is 1290. The van der Waals surface area contributed by atoms with Gasteiger partial charge in [0.1, 0.15) is 5.75 Å². The molecule has 1 fully saturated rings. The molecule has 1 saturated heterocycles. The Kier molecular flexibility index (Phi) is 6.20. The van der Waals surface area contributed by atoms with E-state index in [4.69, 9.17) is 4.98 Å². The van der Waals surface area contributed by atoms with Crippen molar-refractivity contribution in [2.75, 3.05) is 0 Å². The Balaban J connectivity index is 0.00000133. The number of aromatic amines is 1. The van der Waals surface area contributed by atoms with Crippen LogP contribution in [-0.2, 0) is 0 Å². The minimum absolute atomic E-state index is 0.00657. The molecule has 1 aromatic carbocycles. The molecule has 4 heterocycles. The average Bonchev–Trinajstić information content (AvgIpc) is 3.38. The topological polar surface area (TPSA) is 91.7 Å². The Hall–Kier alpha value is -3.26. The zero-order chi connectivity index (χ0) is 24.7. The number of aromatic hydroxyl groups is 1. The van der Waals surface area contributed by atoms with E-state index in [9.17, 15) is 9.50 Å².